The van der Waals surface area contributed by atoms with Gasteiger partial charge in [-0.25, -0.2) is 19.2 Å². The summed E-state index contributed by atoms with van der Waals surface area (Å²) in [5.74, 6) is 0.237. The molecular formula is C17H20FN5O. The number of anilines is 2. The van der Waals surface area contributed by atoms with Crippen molar-refractivity contribution in [3.05, 3.63) is 47.5 Å². The number of aryl methyl sites for hydroxylation is 1. The molecule has 24 heavy (non-hydrogen) atoms. The minimum atomic E-state index is -0.473. The van der Waals surface area contributed by atoms with Crippen molar-refractivity contribution in [1.29, 1.82) is 0 Å². The van der Waals surface area contributed by atoms with E-state index in [0.717, 1.165) is 37.3 Å². The minimum Gasteiger partial charge on any atom is -0.341 e. The highest BCUT2D eigenvalue weighted by Gasteiger charge is 2.16. The first-order valence-corrected chi connectivity index (χ1v) is 8.01. The predicted octanol–water partition coefficient (Wildman–Crippen LogP) is 2.85. The van der Waals surface area contributed by atoms with Crippen molar-refractivity contribution in [2.45, 2.75) is 26.3 Å². The van der Waals surface area contributed by atoms with E-state index in [9.17, 15) is 9.18 Å². The molecule has 7 heteroatoms. The van der Waals surface area contributed by atoms with Gasteiger partial charge in [-0.1, -0.05) is 12.1 Å². The maximum atomic E-state index is 13.5. The summed E-state index contributed by atoms with van der Waals surface area (Å²) in [7, 11) is 0. The van der Waals surface area contributed by atoms with Crippen LogP contribution in [-0.4, -0.2) is 29.1 Å². The van der Waals surface area contributed by atoms with Gasteiger partial charge in [-0.2, -0.15) is 0 Å². The Hall–Kier alpha value is -2.70. The molecule has 2 aromatic rings. The summed E-state index contributed by atoms with van der Waals surface area (Å²) in [6, 6.07) is 7.40. The number of carbonyl (C=O) groups excluding carboxylic acids is 1. The topological polar surface area (TPSA) is 70.2 Å². The van der Waals surface area contributed by atoms with Crippen LogP contribution in [0.2, 0.25) is 0 Å². The number of urea groups is 1. The molecule has 0 saturated carbocycles. The van der Waals surface area contributed by atoms with Gasteiger partial charge < -0.3 is 15.5 Å². The SMILES string of the molecule is Cc1cc(CNC(=O)Nc2ccccc2F)nc(N2CCCC2)n1. The molecule has 2 amide bonds. The second-order valence-electron chi connectivity index (χ2n) is 5.78. The van der Waals surface area contributed by atoms with Gasteiger partial charge in [0.25, 0.3) is 0 Å². The lowest BCUT2D eigenvalue weighted by Gasteiger charge is -2.16. The van der Waals surface area contributed by atoms with E-state index >= 15 is 0 Å². The summed E-state index contributed by atoms with van der Waals surface area (Å²) in [5.41, 5.74) is 1.73. The Morgan fingerprint density at radius 3 is 2.75 bits per heavy atom. The zero-order valence-corrected chi connectivity index (χ0v) is 13.6. The van der Waals surface area contributed by atoms with E-state index in [1.807, 2.05) is 13.0 Å². The molecule has 1 aromatic carbocycles. The fourth-order valence-electron chi connectivity index (χ4n) is 2.67. The molecule has 0 atom stereocenters. The van der Waals surface area contributed by atoms with Gasteiger partial charge in [0.2, 0.25) is 5.95 Å². The lowest BCUT2D eigenvalue weighted by atomic mass is 10.3. The van der Waals surface area contributed by atoms with Crippen LogP contribution in [0, 0.1) is 12.7 Å². The number of carbonyl (C=O) groups is 1. The van der Waals surface area contributed by atoms with Gasteiger partial charge in [0, 0.05) is 18.8 Å². The van der Waals surface area contributed by atoms with Gasteiger partial charge in [0.1, 0.15) is 5.82 Å². The minimum absolute atomic E-state index is 0.145. The summed E-state index contributed by atoms with van der Waals surface area (Å²) in [4.78, 5) is 23.0. The average molecular weight is 329 g/mol. The highest BCUT2D eigenvalue weighted by molar-refractivity contribution is 5.89. The highest BCUT2D eigenvalue weighted by atomic mass is 19.1. The number of benzene rings is 1. The van der Waals surface area contributed by atoms with Crippen molar-refractivity contribution in [1.82, 2.24) is 15.3 Å². The van der Waals surface area contributed by atoms with Crippen LogP contribution in [0.4, 0.5) is 20.8 Å². The number of aromatic nitrogens is 2. The molecule has 1 saturated heterocycles. The maximum Gasteiger partial charge on any atom is 0.319 e. The van der Waals surface area contributed by atoms with E-state index in [2.05, 4.69) is 25.5 Å². The van der Waals surface area contributed by atoms with Crippen molar-refractivity contribution in [2.24, 2.45) is 0 Å². The van der Waals surface area contributed by atoms with Crippen LogP contribution in [0.3, 0.4) is 0 Å². The maximum absolute atomic E-state index is 13.5. The van der Waals surface area contributed by atoms with Gasteiger partial charge in [0.15, 0.2) is 0 Å². The van der Waals surface area contributed by atoms with E-state index in [-0.39, 0.29) is 12.2 Å². The van der Waals surface area contributed by atoms with Crippen LogP contribution < -0.4 is 15.5 Å². The number of nitrogens with zero attached hydrogens (tertiary/aromatic N) is 3. The molecule has 126 valence electrons. The Morgan fingerprint density at radius 2 is 2.00 bits per heavy atom. The van der Waals surface area contributed by atoms with Crippen LogP contribution in [-0.2, 0) is 6.54 Å². The fraction of sp³-hybridized carbons (Fsp3) is 0.353. The largest absolute Gasteiger partial charge is 0.341 e. The molecule has 0 unspecified atom stereocenters. The Labute approximate surface area is 140 Å². The van der Waals surface area contributed by atoms with E-state index in [4.69, 9.17) is 0 Å². The molecule has 3 rings (SSSR count). The van der Waals surface area contributed by atoms with E-state index in [1.165, 1.54) is 12.1 Å². The van der Waals surface area contributed by atoms with Crippen molar-refractivity contribution < 1.29 is 9.18 Å². The number of rotatable bonds is 4. The molecule has 0 spiro atoms. The first kappa shape index (κ1) is 16.2. The van der Waals surface area contributed by atoms with Crippen LogP contribution in [0.1, 0.15) is 24.2 Å². The summed E-state index contributed by atoms with van der Waals surface area (Å²) in [5, 5.41) is 5.18. The summed E-state index contributed by atoms with van der Waals surface area (Å²) in [6.07, 6.45) is 2.30. The van der Waals surface area contributed by atoms with Crippen LogP contribution >= 0.6 is 0 Å². The van der Waals surface area contributed by atoms with E-state index in [0.29, 0.717) is 5.95 Å². The summed E-state index contributed by atoms with van der Waals surface area (Å²) in [6.45, 7) is 4.09. The lowest BCUT2D eigenvalue weighted by molar-refractivity contribution is 0.251. The smallest absolute Gasteiger partial charge is 0.319 e. The third-order valence-corrected chi connectivity index (χ3v) is 3.84. The molecule has 1 fully saturated rings. The molecule has 0 bridgehead atoms. The summed E-state index contributed by atoms with van der Waals surface area (Å²) < 4.78 is 13.5. The molecule has 2 N–H and O–H groups in total. The van der Waals surface area contributed by atoms with Gasteiger partial charge >= 0.3 is 6.03 Å². The van der Waals surface area contributed by atoms with Gasteiger partial charge in [-0.3, -0.25) is 0 Å². The number of halogens is 1. The fourth-order valence-corrected chi connectivity index (χ4v) is 2.67. The Bertz CT molecular complexity index is 731. The normalized spacial score (nSPS) is 13.8. The number of amides is 2. The number of hydrogen-bond donors (Lipinski definition) is 2. The average Bonchev–Trinajstić information content (AvgIpc) is 3.09. The van der Waals surface area contributed by atoms with Crippen LogP contribution in [0.15, 0.2) is 30.3 Å². The van der Waals surface area contributed by atoms with Crippen molar-refractivity contribution in [3.63, 3.8) is 0 Å². The number of para-hydroxylation sites is 1. The van der Waals surface area contributed by atoms with Crippen LogP contribution in [0.5, 0.6) is 0 Å². The van der Waals surface area contributed by atoms with Crippen molar-refractivity contribution >= 4 is 17.7 Å². The molecular weight excluding hydrogens is 309 g/mol. The van der Waals surface area contributed by atoms with Crippen LogP contribution in [0.25, 0.3) is 0 Å². The zero-order chi connectivity index (χ0) is 16.9. The molecule has 0 aliphatic carbocycles. The highest BCUT2D eigenvalue weighted by Crippen LogP contribution is 2.17. The lowest BCUT2D eigenvalue weighted by Crippen LogP contribution is -2.29. The molecule has 2 heterocycles. The first-order valence-electron chi connectivity index (χ1n) is 8.01. The molecule has 1 aliphatic rings. The molecule has 1 aliphatic heterocycles. The Balaban J connectivity index is 1.61. The van der Waals surface area contributed by atoms with E-state index < -0.39 is 11.8 Å². The first-order chi connectivity index (χ1) is 11.6. The Kier molecular flexibility index (Phi) is 4.88. The standard InChI is InChI=1S/C17H20FN5O/c1-12-10-13(21-16(20-12)23-8-4-5-9-23)11-19-17(24)22-15-7-3-2-6-14(15)18/h2-3,6-7,10H,4-5,8-9,11H2,1H3,(H2,19,22,24). The third kappa shape index (κ3) is 3.98. The Morgan fingerprint density at radius 1 is 1.25 bits per heavy atom. The van der Waals surface area contributed by atoms with Gasteiger partial charge in [0.05, 0.1) is 17.9 Å². The second kappa shape index (κ2) is 7.25. The third-order valence-electron chi connectivity index (χ3n) is 3.84. The summed E-state index contributed by atoms with van der Waals surface area (Å²) >= 11 is 0. The monoisotopic (exact) mass is 329 g/mol. The quantitative estimate of drug-likeness (QED) is 0.905. The molecule has 0 radical (unpaired) electrons. The number of hydrogen-bond acceptors (Lipinski definition) is 4. The molecule has 1 aromatic heterocycles. The zero-order valence-electron chi connectivity index (χ0n) is 13.6. The van der Waals surface area contributed by atoms with Gasteiger partial charge in [-0.05, 0) is 38.0 Å². The van der Waals surface area contributed by atoms with Crippen molar-refractivity contribution in [3.8, 4) is 0 Å². The van der Waals surface area contributed by atoms with E-state index in [1.54, 1.807) is 12.1 Å². The van der Waals surface area contributed by atoms with Gasteiger partial charge in [-0.15, -0.1) is 0 Å². The molecule has 6 nitrogen and oxygen atoms in total. The van der Waals surface area contributed by atoms with Crippen molar-refractivity contribution in [2.75, 3.05) is 23.3 Å². The number of nitrogens with one attached hydrogen (secondary N) is 2. The predicted molar refractivity (Wildman–Crippen MR) is 90.5 cm³/mol. The second-order valence-corrected chi connectivity index (χ2v) is 5.78.